The van der Waals surface area contributed by atoms with Gasteiger partial charge in [-0.2, -0.15) is 0 Å². The van der Waals surface area contributed by atoms with Gasteiger partial charge in [0.15, 0.2) is 0 Å². The Morgan fingerprint density at radius 1 is 1.09 bits per heavy atom. The largest absolute Gasteiger partial charge is 0.492 e. The van der Waals surface area contributed by atoms with Crippen molar-refractivity contribution in [1.82, 2.24) is 5.32 Å². The zero-order valence-corrected chi connectivity index (χ0v) is 12.9. The number of aliphatic hydroxyl groups is 3. The minimum absolute atomic E-state index is 0.213. The second-order valence-corrected chi connectivity index (χ2v) is 5.26. The summed E-state index contributed by atoms with van der Waals surface area (Å²) in [7, 11) is 0. The van der Waals surface area contributed by atoms with Crippen molar-refractivity contribution in [3.05, 3.63) is 29.8 Å². The minimum Gasteiger partial charge on any atom is -0.492 e. The van der Waals surface area contributed by atoms with Gasteiger partial charge in [0.05, 0.1) is 12.7 Å². The highest BCUT2D eigenvalue weighted by Gasteiger charge is 2.13. The van der Waals surface area contributed by atoms with Gasteiger partial charge in [0.1, 0.15) is 18.5 Å². The molecule has 2 atom stereocenters. The summed E-state index contributed by atoms with van der Waals surface area (Å²) in [5.41, 5.74) is 6.75. The van der Waals surface area contributed by atoms with Gasteiger partial charge in [0.25, 0.3) is 0 Å². The number of benzene rings is 1. The molecule has 1 aromatic rings. The summed E-state index contributed by atoms with van der Waals surface area (Å²) >= 11 is 0. The van der Waals surface area contributed by atoms with Crippen molar-refractivity contribution in [1.29, 1.82) is 0 Å². The predicted molar refractivity (Wildman–Crippen MR) is 85.9 cm³/mol. The number of hydrogen-bond acceptors (Lipinski definition) is 6. The van der Waals surface area contributed by atoms with E-state index in [1.165, 1.54) is 5.56 Å². The van der Waals surface area contributed by atoms with Gasteiger partial charge in [-0.3, -0.25) is 0 Å². The van der Waals surface area contributed by atoms with E-state index in [4.69, 9.17) is 15.6 Å². The molecule has 1 rings (SSSR count). The Morgan fingerprint density at radius 3 is 2.45 bits per heavy atom. The lowest BCUT2D eigenvalue weighted by molar-refractivity contribution is -0.0130. The van der Waals surface area contributed by atoms with Crippen LogP contribution in [0.5, 0.6) is 5.75 Å². The predicted octanol–water partition coefficient (Wildman–Crippen LogP) is -0.349. The van der Waals surface area contributed by atoms with Crippen molar-refractivity contribution in [2.24, 2.45) is 5.73 Å². The summed E-state index contributed by atoms with van der Waals surface area (Å²) in [6.45, 7) is 1.52. The van der Waals surface area contributed by atoms with E-state index in [0.717, 1.165) is 31.6 Å². The van der Waals surface area contributed by atoms with E-state index in [2.05, 4.69) is 17.4 Å². The summed E-state index contributed by atoms with van der Waals surface area (Å²) < 4.78 is 5.58. The molecule has 0 amide bonds. The first-order valence-electron chi connectivity index (χ1n) is 7.77. The maximum Gasteiger partial charge on any atom is 0.119 e. The molecule has 6 heteroatoms. The number of rotatable bonds is 12. The van der Waals surface area contributed by atoms with Crippen LogP contribution in [-0.4, -0.2) is 60.4 Å². The molecule has 0 aliphatic carbocycles. The van der Waals surface area contributed by atoms with Crippen molar-refractivity contribution < 1.29 is 20.1 Å². The molecule has 0 heterocycles. The topological polar surface area (TPSA) is 108 Å². The number of nitrogens with one attached hydrogen (secondary N) is 1. The third-order valence-corrected chi connectivity index (χ3v) is 3.38. The zero-order chi connectivity index (χ0) is 16.2. The standard InChI is InChI=1S/C16H28N2O4/c17-8-2-1-3-13-4-6-14(7-5-13)22-10-9-18-11-15(20)16(21)12-19/h4-7,15-16,18-21H,1-3,8-12,17H2/t15-,16+/m0/s1. The first kappa shape index (κ1) is 18.9. The maximum atomic E-state index is 9.43. The van der Waals surface area contributed by atoms with Gasteiger partial charge < -0.3 is 31.1 Å². The molecular formula is C16H28N2O4. The van der Waals surface area contributed by atoms with Gasteiger partial charge in [0.2, 0.25) is 0 Å². The van der Waals surface area contributed by atoms with Crippen molar-refractivity contribution in [2.75, 3.05) is 32.8 Å². The first-order chi connectivity index (χ1) is 10.7. The molecule has 0 unspecified atom stereocenters. The Morgan fingerprint density at radius 2 is 1.82 bits per heavy atom. The van der Waals surface area contributed by atoms with E-state index >= 15 is 0 Å². The van der Waals surface area contributed by atoms with Crippen LogP contribution in [0.3, 0.4) is 0 Å². The van der Waals surface area contributed by atoms with E-state index in [1.54, 1.807) is 0 Å². The average molecular weight is 312 g/mol. The van der Waals surface area contributed by atoms with Crippen LogP contribution in [0.1, 0.15) is 18.4 Å². The van der Waals surface area contributed by atoms with Crippen LogP contribution < -0.4 is 15.8 Å². The fourth-order valence-electron chi connectivity index (χ4n) is 1.97. The van der Waals surface area contributed by atoms with Crippen molar-refractivity contribution in [3.8, 4) is 5.75 Å². The van der Waals surface area contributed by atoms with Gasteiger partial charge in [-0.15, -0.1) is 0 Å². The second-order valence-electron chi connectivity index (χ2n) is 5.26. The molecule has 0 saturated carbocycles. The quantitative estimate of drug-likeness (QED) is 0.338. The smallest absolute Gasteiger partial charge is 0.119 e. The molecule has 0 aliphatic heterocycles. The molecule has 0 spiro atoms. The third kappa shape index (κ3) is 7.72. The van der Waals surface area contributed by atoms with Crippen LogP contribution in [-0.2, 0) is 6.42 Å². The third-order valence-electron chi connectivity index (χ3n) is 3.38. The monoisotopic (exact) mass is 312 g/mol. The SMILES string of the molecule is NCCCCc1ccc(OCCNC[C@H](O)[C@H](O)CO)cc1. The molecule has 22 heavy (non-hydrogen) atoms. The van der Waals surface area contributed by atoms with E-state index in [9.17, 15) is 10.2 Å². The highest BCUT2D eigenvalue weighted by Crippen LogP contribution is 2.13. The highest BCUT2D eigenvalue weighted by atomic mass is 16.5. The maximum absolute atomic E-state index is 9.43. The van der Waals surface area contributed by atoms with Gasteiger partial charge in [-0.25, -0.2) is 0 Å². The number of aliphatic hydroxyl groups excluding tert-OH is 3. The van der Waals surface area contributed by atoms with Gasteiger partial charge >= 0.3 is 0 Å². The van der Waals surface area contributed by atoms with Crippen LogP contribution in [0.25, 0.3) is 0 Å². The Labute approximate surface area is 131 Å². The van der Waals surface area contributed by atoms with Crippen LogP contribution >= 0.6 is 0 Å². The van der Waals surface area contributed by atoms with E-state index in [-0.39, 0.29) is 6.54 Å². The van der Waals surface area contributed by atoms with Crippen LogP contribution in [0.15, 0.2) is 24.3 Å². The molecule has 0 saturated heterocycles. The van der Waals surface area contributed by atoms with Crippen LogP contribution in [0, 0.1) is 0 Å². The van der Waals surface area contributed by atoms with Gasteiger partial charge in [-0.1, -0.05) is 12.1 Å². The lowest BCUT2D eigenvalue weighted by Crippen LogP contribution is -2.39. The molecule has 6 nitrogen and oxygen atoms in total. The molecule has 0 fully saturated rings. The van der Waals surface area contributed by atoms with Crippen LogP contribution in [0.2, 0.25) is 0 Å². The Hall–Kier alpha value is -1.18. The number of aryl methyl sites for hydroxylation is 1. The van der Waals surface area contributed by atoms with Crippen molar-refractivity contribution in [3.63, 3.8) is 0 Å². The molecule has 0 aliphatic rings. The molecule has 0 bridgehead atoms. The lowest BCUT2D eigenvalue weighted by Gasteiger charge is -2.16. The second kappa shape index (κ2) is 11.4. The van der Waals surface area contributed by atoms with Crippen molar-refractivity contribution in [2.45, 2.75) is 31.5 Å². The minimum atomic E-state index is -1.11. The molecule has 6 N–H and O–H groups in total. The summed E-state index contributed by atoms with van der Waals surface area (Å²) in [4.78, 5) is 0. The Kier molecular flexibility index (Phi) is 9.77. The Balaban J connectivity index is 2.14. The van der Waals surface area contributed by atoms with E-state index in [1.807, 2.05) is 12.1 Å². The van der Waals surface area contributed by atoms with Gasteiger partial charge in [0, 0.05) is 13.1 Å². The summed E-state index contributed by atoms with van der Waals surface area (Å²) in [5.74, 6) is 0.806. The number of unbranched alkanes of at least 4 members (excludes halogenated alkanes) is 1. The highest BCUT2D eigenvalue weighted by molar-refractivity contribution is 5.27. The first-order valence-corrected chi connectivity index (χ1v) is 7.77. The average Bonchev–Trinajstić information content (AvgIpc) is 2.55. The summed E-state index contributed by atoms with van der Waals surface area (Å²) in [6.07, 6.45) is 1.09. The zero-order valence-electron chi connectivity index (χ0n) is 12.9. The van der Waals surface area contributed by atoms with Gasteiger partial charge in [-0.05, 0) is 43.5 Å². The normalized spacial score (nSPS) is 13.8. The Bertz CT molecular complexity index is 386. The van der Waals surface area contributed by atoms with E-state index < -0.39 is 18.8 Å². The lowest BCUT2D eigenvalue weighted by atomic mass is 10.1. The number of ether oxygens (including phenoxy) is 1. The molecular weight excluding hydrogens is 284 g/mol. The number of nitrogens with two attached hydrogens (primary N) is 1. The summed E-state index contributed by atoms with van der Waals surface area (Å²) in [6, 6.07) is 8.01. The number of hydrogen-bond donors (Lipinski definition) is 5. The van der Waals surface area contributed by atoms with Crippen LogP contribution in [0.4, 0.5) is 0 Å². The fraction of sp³-hybridized carbons (Fsp3) is 0.625. The molecule has 0 radical (unpaired) electrons. The summed E-state index contributed by atoms with van der Waals surface area (Å²) in [5, 5.41) is 30.3. The molecule has 1 aromatic carbocycles. The fourth-order valence-corrected chi connectivity index (χ4v) is 1.97. The van der Waals surface area contributed by atoms with Crippen molar-refractivity contribution >= 4 is 0 Å². The molecule has 0 aromatic heterocycles. The molecule has 126 valence electrons. The van der Waals surface area contributed by atoms with E-state index in [0.29, 0.717) is 13.2 Å².